The van der Waals surface area contributed by atoms with Gasteiger partial charge in [0.25, 0.3) is 6.43 Å². The van der Waals surface area contributed by atoms with Gasteiger partial charge in [-0.05, 0) is 74.9 Å². The van der Waals surface area contributed by atoms with E-state index in [1.807, 2.05) is 12.1 Å². The smallest absolute Gasteiger partial charge is 0.280 e. The molecule has 1 aliphatic rings. The third kappa shape index (κ3) is 6.60. The molecule has 0 radical (unpaired) electrons. The zero-order chi connectivity index (χ0) is 30.0. The van der Waals surface area contributed by atoms with E-state index < -0.39 is 23.5 Å². The SMILES string of the molecule is Cc1cc(-c2c(OCc3cc(N4CCOCC4)cc(C(C)(C)O)n3)nc(N)nc2-c2ccc(F)cc2)cc(C(F)F)n1. The van der Waals surface area contributed by atoms with Crippen molar-refractivity contribution >= 4 is 11.6 Å². The van der Waals surface area contributed by atoms with Gasteiger partial charge in [-0.25, -0.2) is 18.2 Å². The summed E-state index contributed by atoms with van der Waals surface area (Å²) in [6.07, 6.45) is -2.82. The van der Waals surface area contributed by atoms with Crippen LogP contribution >= 0.6 is 0 Å². The van der Waals surface area contributed by atoms with Crippen molar-refractivity contribution in [3.63, 3.8) is 0 Å². The van der Waals surface area contributed by atoms with E-state index in [1.165, 1.54) is 30.3 Å². The Labute approximate surface area is 241 Å². The highest BCUT2D eigenvalue weighted by molar-refractivity contribution is 5.85. The van der Waals surface area contributed by atoms with Crippen molar-refractivity contribution in [2.24, 2.45) is 0 Å². The van der Waals surface area contributed by atoms with Crippen LogP contribution in [0.4, 0.5) is 24.8 Å². The van der Waals surface area contributed by atoms with E-state index in [4.69, 9.17) is 15.2 Å². The number of nitrogens with zero attached hydrogens (tertiary/aromatic N) is 5. The summed E-state index contributed by atoms with van der Waals surface area (Å²) < 4.78 is 52.9. The normalized spacial score (nSPS) is 14.0. The molecule has 0 amide bonds. The minimum absolute atomic E-state index is 0.0241. The number of aliphatic hydroxyl groups is 1. The lowest BCUT2D eigenvalue weighted by Crippen LogP contribution is -2.36. The molecule has 1 aliphatic heterocycles. The molecule has 3 N–H and O–H groups in total. The number of hydrogen-bond acceptors (Lipinski definition) is 9. The Kier molecular flexibility index (Phi) is 8.28. The molecule has 5 rings (SSSR count). The van der Waals surface area contributed by atoms with E-state index in [0.717, 1.165) is 5.69 Å². The molecule has 0 atom stereocenters. The second kappa shape index (κ2) is 11.9. The van der Waals surface area contributed by atoms with Crippen molar-refractivity contribution in [2.75, 3.05) is 36.9 Å². The number of hydrogen-bond donors (Lipinski definition) is 2. The first-order chi connectivity index (χ1) is 20.0. The number of ether oxygens (including phenoxy) is 2. The molecule has 0 unspecified atom stereocenters. The molecule has 4 heterocycles. The van der Waals surface area contributed by atoms with E-state index >= 15 is 0 Å². The number of benzene rings is 1. The Morgan fingerprint density at radius 3 is 2.38 bits per heavy atom. The van der Waals surface area contributed by atoms with E-state index in [-0.39, 0.29) is 29.7 Å². The van der Waals surface area contributed by atoms with Gasteiger partial charge in [0.1, 0.15) is 23.7 Å². The number of aromatic nitrogens is 4. The van der Waals surface area contributed by atoms with Crippen LogP contribution in [0.2, 0.25) is 0 Å². The van der Waals surface area contributed by atoms with Gasteiger partial charge < -0.3 is 25.2 Å². The topological polar surface area (TPSA) is 120 Å². The molecular weight excluding hydrogens is 549 g/mol. The fourth-order valence-corrected chi connectivity index (χ4v) is 4.69. The maximum atomic E-state index is 13.8. The number of aryl methyl sites for hydroxylation is 1. The summed E-state index contributed by atoms with van der Waals surface area (Å²) in [6.45, 7) is 7.32. The van der Waals surface area contributed by atoms with E-state index in [2.05, 4.69) is 24.8 Å². The number of anilines is 2. The van der Waals surface area contributed by atoms with Crippen LogP contribution in [0.1, 0.15) is 43.0 Å². The predicted molar refractivity (Wildman–Crippen MR) is 152 cm³/mol. The van der Waals surface area contributed by atoms with Crippen LogP contribution < -0.4 is 15.4 Å². The Balaban J connectivity index is 1.61. The first kappa shape index (κ1) is 29.2. The molecule has 1 saturated heterocycles. The highest BCUT2D eigenvalue weighted by Crippen LogP contribution is 2.39. The minimum atomic E-state index is -2.82. The van der Waals surface area contributed by atoms with Crippen molar-refractivity contribution in [1.29, 1.82) is 0 Å². The highest BCUT2D eigenvalue weighted by atomic mass is 19.3. The first-order valence-corrected chi connectivity index (χ1v) is 13.4. The molecule has 0 aliphatic carbocycles. The van der Waals surface area contributed by atoms with Crippen LogP contribution in [-0.2, 0) is 16.9 Å². The summed E-state index contributed by atoms with van der Waals surface area (Å²) in [5.74, 6) is -0.552. The zero-order valence-corrected chi connectivity index (χ0v) is 23.4. The van der Waals surface area contributed by atoms with E-state index in [0.29, 0.717) is 54.5 Å². The lowest BCUT2D eigenvalue weighted by molar-refractivity contribution is 0.0733. The number of pyridine rings is 2. The highest BCUT2D eigenvalue weighted by Gasteiger charge is 2.24. The fourth-order valence-electron chi connectivity index (χ4n) is 4.69. The van der Waals surface area contributed by atoms with Gasteiger partial charge >= 0.3 is 0 Å². The van der Waals surface area contributed by atoms with Crippen LogP contribution in [0, 0.1) is 12.7 Å². The Hall–Kier alpha value is -4.29. The average molecular weight is 581 g/mol. The summed E-state index contributed by atoms with van der Waals surface area (Å²) in [5.41, 5.74) is 7.96. The van der Waals surface area contributed by atoms with Crippen molar-refractivity contribution in [1.82, 2.24) is 19.9 Å². The largest absolute Gasteiger partial charge is 0.471 e. The Morgan fingerprint density at radius 2 is 1.71 bits per heavy atom. The first-order valence-electron chi connectivity index (χ1n) is 13.4. The maximum absolute atomic E-state index is 13.8. The minimum Gasteiger partial charge on any atom is -0.471 e. The summed E-state index contributed by atoms with van der Waals surface area (Å²) in [5, 5.41) is 10.8. The van der Waals surface area contributed by atoms with E-state index in [1.54, 1.807) is 26.8 Å². The molecule has 220 valence electrons. The number of rotatable bonds is 8. The average Bonchev–Trinajstić information content (AvgIpc) is 2.95. The van der Waals surface area contributed by atoms with Crippen molar-refractivity contribution in [2.45, 2.75) is 39.4 Å². The molecule has 4 aromatic rings. The van der Waals surface area contributed by atoms with Gasteiger partial charge in [0.05, 0.1) is 35.9 Å². The zero-order valence-electron chi connectivity index (χ0n) is 23.4. The van der Waals surface area contributed by atoms with Crippen molar-refractivity contribution in [3.8, 4) is 28.3 Å². The standard InChI is InChI=1S/C30H31F3N6O3/c1-17-12-19(13-23(35-17)27(32)33)25-26(18-4-6-20(31)7-5-18)37-29(34)38-28(25)42-16-21-14-22(39-8-10-41-11-9-39)15-24(36-21)30(2,3)40/h4-7,12-15,27,40H,8-11,16H2,1-3H3,(H2,34,37,38). The number of halogens is 3. The van der Waals surface area contributed by atoms with Crippen LogP contribution in [-0.4, -0.2) is 51.3 Å². The van der Waals surface area contributed by atoms with Crippen molar-refractivity contribution in [3.05, 3.63) is 77.1 Å². The molecule has 1 aromatic carbocycles. The third-order valence-electron chi connectivity index (χ3n) is 6.72. The van der Waals surface area contributed by atoms with Gasteiger partial charge in [0.2, 0.25) is 11.8 Å². The van der Waals surface area contributed by atoms with Crippen LogP contribution in [0.25, 0.3) is 22.4 Å². The number of alkyl halides is 2. The van der Waals surface area contributed by atoms with Gasteiger partial charge in [-0.1, -0.05) is 0 Å². The van der Waals surface area contributed by atoms with Crippen LogP contribution in [0.5, 0.6) is 5.88 Å². The molecular formula is C30H31F3N6O3. The third-order valence-corrected chi connectivity index (χ3v) is 6.72. The molecule has 1 fully saturated rings. The lowest BCUT2D eigenvalue weighted by atomic mass is 9.99. The Bertz CT molecular complexity index is 1570. The number of nitrogen functional groups attached to an aromatic ring is 1. The van der Waals surface area contributed by atoms with Gasteiger partial charge in [-0.15, -0.1) is 0 Å². The van der Waals surface area contributed by atoms with Gasteiger partial charge in [0, 0.05) is 30.0 Å². The van der Waals surface area contributed by atoms with Crippen LogP contribution in [0.15, 0.2) is 48.5 Å². The maximum Gasteiger partial charge on any atom is 0.280 e. The molecule has 12 heteroatoms. The predicted octanol–water partition coefficient (Wildman–Crippen LogP) is 5.21. The fraction of sp³-hybridized carbons (Fsp3) is 0.333. The van der Waals surface area contributed by atoms with Gasteiger partial charge in [-0.2, -0.15) is 4.98 Å². The number of morpholine rings is 1. The monoisotopic (exact) mass is 580 g/mol. The quantitative estimate of drug-likeness (QED) is 0.289. The summed E-state index contributed by atoms with van der Waals surface area (Å²) >= 11 is 0. The second-order valence-electron chi connectivity index (χ2n) is 10.5. The molecule has 0 spiro atoms. The molecule has 0 saturated carbocycles. The summed E-state index contributed by atoms with van der Waals surface area (Å²) in [4.78, 5) is 19.4. The molecule has 42 heavy (non-hydrogen) atoms. The summed E-state index contributed by atoms with van der Waals surface area (Å²) in [6, 6.07) is 12.1. The molecule has 9 nitrogen and oxygen atoms in total. The number of nitrogens with two attached hydrogens (primary N) is 1. The van der Waals surface area contributed by atoms with E-state index in [9.17, 15) is 18.3 Å². The Morgan fingerprint density at radius 1 is 1.00 bits per heavy atom. The van der Waals surface area contributed by atoms with Crippen molar-refractivity contribution < 1.29 is 27.8 Å². The van der Waals surface area contributed by atoms with Gasteiger partial charge in [-0.3, -0.25) is 9.97 Å². The second-order valence-corrected chi connectivity index (χ2v) is 10.5. The summed E-state index contributed by atoms with van der Waals surface area (Å²) in [7, 11) is 0. The van der Waals surface area contributed by atoms with Crippen LogP contribution in [0.3, 0.4) is 0 Å². The molecule has 3 aromatic heterocycles. The lowest BCUT2D eigenvalue weighted by Gasteiger charge is -2.30. The van der Waals surface area contributed by atoms with Gasteiger partial charge in [0.15, 0.2) is 0 Å². The molecule has 0 bridgehead atoms.